The van der Waals surface area contributed by atoms with Gasteiger partial charge in [0.2, 0.25) is 5.88 Å². The van der Waals surface area contributed by atoms with E-state index < -0.39 is 0 Å². The molecule has 0 saturated carbocycles. The second-order valence-corrected chi connectivity index (χ2v) is 4.41. The van der Waals surface area contributed by atoms with Crippen molar-refractivity contribution in [1.82, 2.24) is 4.98 Å². The predicted octanol–water partition coefficient (Wildman–Crippen LogP) is 4.60. The maximum absolute atomic E-state index is 9.86. The normalized spacial score (nSPS) is 11.4. The Morgan fingerprint density at radius 3 is 2.68 bits per heavy atom. The molecule has 4 nitrogen and oxygen atoms in total. The van der Waals surface area contributed by atoms with Gasteiger partial charge in [0.1, 0.15) is 0 Å². The zero-order valence-corrected chi connectivity index (χ0v) is 10.5. The number of aromatic amines is 1. The lowest BCUT2D eigenvalue weighted by Gasteiger charge is -1.94. The molecule has 4 heteroatoms. The molecule has 19 heavy (non-hydrogen) atoms. The Bertz CT molecular complexity index is 759. The summed E-state index contributed by atoms with van der Waals surface area (Å²) in [7, 11) is 0. The number of azo groups is 1. The fourth-order valence-corrected chi connectivity index (χ4v) is 2.01. The third kappa shape index (κ3) is 2.20. The molecule has 0 spiro atoms. The molecule has 2 aromatic carbocycles. The van der Waals surface area contributed by atoms with Gasteiger partial charge in [-0.2, -0.15) is 5.11 Å². The minimum atomic E-state index is 0.0394. The van der Waals surface area contributed by atoms with E-state index in [2.05, 4.69) is 15.2 Å². The standard InChI is InChI=1S/C15H13N3O/c1-10-5-4-6-11(9-10)17-18-14-12-7-2-3-8-13(12)16-15(14)19/h2-9,16,19H,1H3. The minimum absolute atomic E-state index is 0.0394. The van der Waals surface area contributed by atoms with Crippen LogP contribution >= 0.6 is 0 Å². The third-order valence-corrected chi connectivity index (χ3v) is 2.93. The number of fused-ring (bicyclic) bond motifs is 1. The maximum Gasteiger partial charge on any atom is 0.218 e. The molecule has 2 N–H and O–H groups in total. The van der Waals surface area contributed by atoms with Gasteiger partial charge in [0.15, 0.2) is 5.69 Å². The smallest absolute Gasteiger partial charge is 0.218 e. The lowest BCUT2D eigenvalue weighted by molar-refractivity contribution is 0.459. The molecule has 3 aromatic rings. The van der Waals surface area contributed by atoms with Gasteiger partial charge in [-0.3, -0.25) is 0 Å². The molecule has 3 rings (SSSR count). The number of hydrogen-bond donors (Lipinski definition) is 2. The molecule has 0 aliphatic rings. The Morgan fingerprint density at radius 2 is 1.84 bits per heavy atom. The van der Waals surface area contributed by atoms with E-state index in [0.717, 1.165) is 22.2 Å². The molecule has 0 amide bonds. The first-order chi connectivity index (χ1) is 9.24. The van der Waals surface area contributed by atoms with Gasteiger partial charge >= 0.3 is 0 Å². The van der Waals surface area contributed by atoms with Crippen molar-refractivity contribution in [3.05, 3.63) is 54.1 Å². The predicted molar refractivity (Wildman–Crippen MR) is 75.3 cm³/mol. The van der Waals surface area contributed by atoms with Crippen molar-refractivity contribution in [2.75, 3.05) is 0 Å². The zero-order valence-electron chi connectivity index (χ0n) is 10.5. The number of aryl methyl sites for hydroxylation is 1. The van der Waals surface area contributed by atoms with Crippen molar-refractivity contribution in [2.45, 2.75) is 6.92 Å². The van der Waals surface area contributed by atoms with E-state index in [9.17, 15) is 5.11 Å². The van der Waals surface area contributed by atoms with Crippen LogP contribution in [0.4, 0.5) is 11.4 Å². The Labute approximate surface area is 110 Å². The van der Waals surface area contributed by atoms with Crippen molar-refractivity contribution in [1.29, 1.82) is 0 Å². The van der Waals surface area contributed by atoms with E-state index >= 15 is 0 Å². The van der Waals surface area contributed by atoms with Gasteiger partial charge in [-0.15, -0.1) is 5.11 Å². The zero-order chi connectivity index (χ0) is 13.2. The quantitative estimate of drug-likeness (QED) is 0.642. The van der Waals surface area contributed by atoms with Gasteiger partial charge in [0.25, 0.3) is 0 Å². The molecule has 0 radical (unpaired) electrons. The van der Waals surface area contributed by atoms with Gasteiger partial charge in [-0.25, -0.2) is 0 Å². The highest BCUT2D eigenvalue weighted by atomic mass is 16.3. The second kappa shape index (κ2) is 4.57. The molecule has 1 heterocycles. The summed E-state index contributed by atoms with van der Waals surface area (Å²) in [5, 5.41) is 19.0. The molecule has 0 aliphatic carbocycles. The van der Waals surface area contributed by atoms with Crippen LogP contribution in [-0.2, 0) is 0 Å². The number of hydrogen-bond acceptors (Lipinski definition) is 3. The number of aromatic hydroxyl groups is 1. The number of benzene rings is 2. The van der Waals surface area contributed by atoms with E-state index in [1.165, 1.54) is 0 Å². The number of para-hydroxylation sites is 1. The first-order valence-corrected chi connectivity index (χ1v) is 6.02. The van der Waals surface area contributed by atoms with E-state index in [1.807, 2.05) is 55.5 Å². The van der Waals surface area contributed by atoms with Crippen LogP contribution in [0.25, 0.3) is 10.9 Å². The summed E-state index contributed by atoms with van der Waals surface area (Å²) >= 11 is 0. The molecule has 0 unspecified atom stereocenters. The molecular formula is C15H13N3O. The van der Waals surface area contributed by atoms with E-state index in [1.54, 1.807) is 0 Å². The number of aromatic nitrogens is 1. The van der Waals surface area contributed by atoms with E-state index in [4.69, 9.17) is 0 Å². The minimum Gasteiger partial charge on any atom is -0.493 e. The molecule has 94 valence electrons. The average molecular weight is 251 g/mol. The van der Waals surface area contributed by atoms with Crippen molar-refractivity contribution in [3.8, 4) is 5.88 Å². The Kier molecular flexibility index (Phi) is 2.76. The van der Waals surface area contributed by atoms with Crippen molar-refractivity contribution in [3.63, 3.8) is 0 Å². The number of nitrogens with zero attached hydrogens (tertiary/aromatic N) is 2. The molecule has 0 atom stereocenters. The van der Waals surface area contributed by atoms with E-state index in [-0.39, 0.29) is 5.88 Å². The lowest BCUT2D eigenvalue weighted by atomic mass is 10.2. The Morgan fingerprint density at radius 1 is 1.00 bits per heavy atom. The summed E-state index contributed by atoms with van der Waals surface area (Å²) in [6, 6.07) is 15.3. The first-order valence-electron chi connectivity index (χ1n) is 6.02. The number of H-pyrrole nitrogens is 1. The van der Waals surface area contributed by atoms with E-state index in [0.29, 0.717) is 5.69 Å². The summed E-state index contributed by atoms with van der Waals surface area (Å²) in [5.41, 5.74) is 3.21. The van der Waals surface area contributed by atoms with Crippen molar-refractivity contribution >= 4 is 22.3 Å². The van der Waals surface area contributed by atoms with Crippen molar-refractivity contribution in [2.24, 2.45) is 10.2 Å². The van der Waals surface area contributed by atoms with Gasteiger partial charge in [0, 0.05) is 5.39 Å². The van der Waals surface area contributed by atoms with Crippen LogP contribution in [0.3, 0.4) is 0 Å². The molecule has 0 bridgehead atoms. The Hall–Kier alpha value is -2.62. The number of nitrogens with one attached hydrogen (secondary N) is 1. The van der Waals surface area contributed by atoms with Crippen LogP contribution in [-0.4, -0.2) is 10.1 Å². The fraction of sp³-hybridized carbons (Fsp3) is 0.0667. The van der Waals surface area contributed by atoms with Gasteiger partial charge < -0.3 is 10.1 Å². The molecule has 1 aromatic heterocycles. The van der Waals surface area contributed by atoms with Crippen LogP contribution in [0, 0.1) is 6.92 Å². The monoisotopic (exact) mass is 251 g/mol. The largest absolute Gasteiger partial charge is 0.493 e. The van der Waals surface area contributed by atoms with Crippen LogP contribution in [0.2, 0.25) is 0 Å². The second-order valence-electron chi connectivity index (χ2n) is 4.41. The molecule has 0 aliphatic heterocycles. The van der Waals surface area contributed by atoms with Crippen LogP contribution < -0.4 is 0 Å². The topological polar surface area (TPSA) is 60.7 Å². The third-order valence-electron chi connectivity index (χ3n) is 2.93. The summed E-state index contributed by atoms with van der Waals surface area (Å²) in [6.45, 7) is 2.00. The average Bonchev–Trinajstić information content (AvgIpc) is 2.72. The summed E-state index contributed by atoms with van der Waals surface area (Å²) in [6.07, 6.45) is 0. The molecular weight excluding hydrogens is 238 g/mol. The highest BCUT2D eigenvalue weighted by Crippen LogP contribution is 2.35. The van der Waals surface area contributed by atoms with Gasteiger partial charge in [-0.05, 0) is 30.7 Å². The summed E-state index contributed by atoms with van der Waals surface area (Å²) < 4.78 is 0. The summed E-state index contributed by atoms with van der Waals surface area (Å²) in [5.74, 6) is 0.0394. The first kappa shape index (κ1) is 11.5. The van der Waals surface area contributed by atoms with Crippen LogP contribution in [0.15, 0.2) is 58.8 Å². The van der Waals surface area contributed by atoms with Crippen LogP contribution in [0.5, 0.6) is 5.88 Å². The summed E-state index contributed by atoms with van der Waals surface area (Å²) in [4.78, 5) is 2.88. The van der Waals surface area contributed by atoms with Crippen LogP contribution in [0.1, 0.15) is 5.56 Å². The number of rotatable bonds is 2. The lowest BCUT2D eigenvalue weighted by Crippen LogP contribution is -1.69. The van der Waals surface area contributed by atoms with Crippen molar-refractivity contribution < 1.29 is 5.11 Å². The fourth-order valence-electron chi connectivity index (χ4n) is 2.01. The van der Waals surface area contributed by atoms with Gasteiger partial charge in [0.05, 0.1) is 11.2 Å². The SMILES string of the molecule is Cc1cccc(N=Nc2c(O)[nH]c3ccccc23)c1. The maximum atomic E-state index is 9.86. The molecule has 0 fully saturated rings. The molecule has 0 saturated heterocycles. The highest BCUT2D eigenvalue weighted by Gasteiger charge is 2.09. The van der Waals surface area contributed by atoms with Gasteiger partial charge in [-0.1, -0.05) is 30.3 Å². The highest BCUT2D eigenvalue weighted by molar-refractivity contribution is 5.94. The Balaban J connectivity index is 2.03.